The van der Waals surface area contributed by atoms with Crippen LogP contribution < -0.4 is 0 Å². The van der Waals surface area contributed by atoms with Crippen LogP contribution in [0.25, 0.3) is 0 Å². The summed E-state index contributed by atoms with van der Waals surface area (Å²) in [6.45, 7) is 7.55. The van der Waals surface area contributed by atoms with Gasteiger partial charge in [0.1, 0.15) is 0 Å². The minimum absolute atomic E-state index is 0.0736. The maximum atomic E-state index is 13.7. The van der Waals surface area contributed by atoms with Crippen molar-refractivity contribution in [3.8, 4) is 0 Å². The molecule has 2 aromatic carbocycles. The number of carbonyl (C=O) groups is 3. The average molecular weight is 510 g/mol. The van der Waals surface area contributed by atoms with Gasteiger partial charge in [-0.1, -0.05) is 67.4 Å². The quantitative estimate of drug-likeness (QED) is 0.279. The van der Waals surface area contributed by atoms with E-state index in [1.165, 1.54) is 4.31 Å². The highest BCUT2D eigenvalue weighted by atomic mass is 32.2. The van der Waals surface area contributed by atoms with E-state index in [0.29, 0.717) is 25.7 Å². The molecule has 0 radical (unpaired) electrons. The van der Waals surface area contributed by atoms with Gasteiger partial charge < -0.3 is 0 Å². The molecule has 192 valence electrons. The van der Waals surface area contributed by atoms with Crippen molar-refractivity contribution < 1.29 is 22.8 Å². The Kier molecular flexibility index (Phi) is 9.51. The number of Topliss-reactive ketones (excluding diaryl/α,β-unsaturated/α-hetero) is 3. The Morgan fingerprint density at radius 2 is 1.75 bits per heavy atom. The van der Waals surface area contributed by atoms with E-state index in [4.69, 9.17) is 0 Å². The molecule has 6 nitrogen and oxygen atoms in total. The number of aryl methyl sites for hydroxylation is 1. The normalized spacial score (nSPS) is 19.1. The summed E-state index contributed by atoms with van der Waals surface area (Å²) in [6, 6.07) is 15.3. The second kappa shape index (κ2) is 12.4. The van der Waals surface area contributed by atoms with E-state index >= 15 is 0 Å². The largest absolute Gasteiger partial charge is 0.298 e. The monoisotopic (exact) mass is 509 g/mol. The minimum Gasteiger partial charge on any atom is -0.298 e. The first-order valence-corrected chi connectivity index (χ1v) is 14.0. The fraction of sp³-hybridized carbons (Fsp3) is 0.414. The van der Waals surface area contributed by atoms with E-state index in [2.05, 4.69) is 6.58 Å². The molecule has 36 heavy (non-hydrogen) atoms. The molecule has 0 saturated carbocycles. The summed E-state index contributed by atoms with van der Waals surface area (Å²) in [5.41, 5.74) is 1.91. The maximum Gasteiger partial charge on any atom is 0.243 e. The number of hydrogen-bond acceptors (Lipinski definition) is 5. The van der Waals surface area contributed by atoms with Crippen LogP contribution in [0.5, 0.6) is 0 Å². The van der Waals surface area contributed by atoms with Crippen LogP contribution in [0.2, 0.25) is 0 Å². The molecule has 1 heterocycles. The Bertz CT molecular complexity index is 1190. The SMILES string of the molecule is C=CCCC(=O)C(=O)C(CCC)CC(=O)[C@@H]1CC(c2ccccc2)CN1S(=O)(=O)c1ccc(C)cc1. The molecule has 0 bridgehead atoms. The summed E-state index contributed by atoms with van der Waals surface area (Å²) in [6.07, 6.45) is 3.31. The summed E-state index contributed by atoms with van der Waals surface area (Å²) in [4.78, 5) is 39.0. The summed E-state index contributed by atoms with van der Waals surface area (Å²) in [5, 5.41) is 0. The number of sulfonamides is 1. The number of rotatable bonds is 13. The Morgan fingerprint density at radius 1 is 1.08 bits per heavy atom. The summed E-state index contributed by atoms with van der Waals surface area (Å²) < 4.78 is 28.6. The van der Waals surface area contributed by atoms with Crippen molar-refractivity contribution in [2.75, 3.05) is 6.54 Å². The van der Waals surface area contributed by atoms with Crippen LogP contribution in [0, 0.1) is 12.8 Å². The zero-order valence-electron chi connectivity index (χ0n) is 21.1. The van der Waals surface area contributed by atoms with Gasteiger partial charge in [-0.05, 0) is 49.8 Å². The second-order valence-electron chi connectivity index (χ2n) is 9.52. The first-order valence-electron chi connectivity index (χ1n) is 12.5. The van der Waals surface area contributed by atoms with Crippen LogP contribution in [-0.2, 0) is 24.4 Å². The highest BCUT2D eigenvalue weighted by Crippen LogP contribution is 2.37. The molecule has 1 saturated heterocycles. The molecule has 3 rings (SSSR count). The first-order chi connectivity index (χ1) is 17.2. The van der Waals surface area contributed by atoms with Crippen molar-refractivity contribution in [1.29, 1.82) is 0 Å². The lowest BCUT2D eigenvalue weighted by Crippen LogP contribution is -2.41. The van der Waals surface area contributed by atoms with Crippen molar-refractivity contribution in [3.05, 3.63) is 78.4 Å². The molecule has 1 aliphatic rings. The van der Waals surface area contributed by atoms with Crippen molar-refractivity contribution in [2.24, 2.45) is 5.92 Å². The van der Waals surface area contributed by atoms with Crippen LogP contribution >= 0.6 is 0 Å². The molecule has 0 aliphatic carbocycles. The Morgan fingerprint density at radius 3 is 2.36 bits per heavy atom. The van der Waals surface area contributed by atoms with Crippen LogP contribution in [0.3, 0.4) is 0 Å². The average Bonchev–Trinajstić information content (AvgIpc) is 3.34. The molecule has 1 aliphatic heterocycles. The molecule has 0 aromatic heterocycles. The number of benzene rings is 2. The molecule has 3 atom stereocenters. The van der Waals surface area contributed by atoms with Crippen molar-refractivity contribution in [2.45, 2.75) is 69.2 Å². The summed E-state index contributed by atoms with van der Waals surface area (Å²) in [5.74, 6) is -2.24. The third-order valence-corrected chi connectivity index (χ3v) is 8.72. The lowest BCUT2D eigenvalue weighted by Gasteiger charge is -2.24. The van der Waals surface area contributed by atoms with Gasteiger partial charge in [0.15, 0.2) is 11.6 Å². The summed E-state index contributed by atoms with van der Waals surface area (Å²) >= 11 is 0. The van der Waals surface area contributed by atoms with Gasteiger partial charge in [0, 0.05) is 25.3 Å². The fourth-order valence-corrected chi connectivity index (χ4v) is 6.48. The summed E-state index contributed by atoms with van der Waals surface area (Å²) in [7, 11) is -3.94. The van der Waals surface area contributed by atoms with Gasteiger partial charge in [0.2, 0.25) is 15.8 Å². The van der Waals surface area contributed by atoms with E-state index in [1.807, 2.05) is 44.2 Å². The highest BCUT2D eigenvalue weighted by molar-refractivity contribution is 7.89. The van der Waals surface area contributed by atoms with Gasteiger partial charge in [-0.3, -0.25) is 14.4 Å². The molecule has 2 unspecified atom stereocenters. The Hall–Kier alpha value is -2.90. The molecule has 0 amide bonds. The Balaban J connectivity index is 1.90. The Labute approximate surface area is 214 Å². The van der Waals surface area contributed by atoms with Gasteiger partial charge in [-0.15, -0.1) is 6.58 Å². The molecular formula is C29H35NO5S. The number of ketones is 3. The lowest BCUT2D eigenvalue weighted by atomic mass is 9.87. The topological polar surface area (TPSA) is 88.6 Å². The van der Waals surface area contributed by atoms with E-state index < -0.39 is 33.5 Å². The molecular weight excluding hydrogens is 474 g/mol. The lowest BCUT2D eigenvalue weighted by molar-refractivity contribution is -0.140. The van der Waals surface area contributed by atoms with Crippen LogP contribution in [0.15, 0.2) is 72.1 Å². The number of allylic oxidation sites excluding steroid dienone is 1. The highest BCUT2D eigenvalue weighted by Gasteiger charge is 2.44. The molecule has 2 aromatic rings. The molecule has 0 N–H and O–H groups in total. The molecule has 1 fully saturated rings. The minimum atomic E-state index is -3.94. The van der Waals surface area contributed by atoms with E-state index in [-0.39, 0.29) is 36.0 Å². The third-order valence-electron chi connectivity index (χ3n) is 6.83. The third kappa shape index (κ3) is 6.45. The first kappa shape index (κ1) is 27.7. The predicted molar refractivity (Wildman–Crippen MR) is 140 cm³/mol. The van der Waals surface area contributed by atoms with Gasteiger partial charge in [-0.25, -0.2) is 8.42 Å². The van der Waals surface area contributed by atoms with Crippen LogP contribution in [-0.4, -0.2) is 42.7 Å². The standard InChI is InChI=1S/C29H35NO5S/c1-4-6-13-27(31)29(33)23(10-5-2)19-28(32)26-18-24(22-11-8-7-9-12-22)20-30(26)36(34,35)25-16-14-21(3)15-17-25/h4,7-9,11-12,14-17,23-24,26H,1,5-6,10,13,18-20H2,2-3H3/t23?,24?,26-/m0/s1. The van der Waals surface area contributed by atoms with Gasteiger partial charge in [0.25, 0.3) is 0 Å². The van der Waals surface area contributed by atoms with Gasteiger partial charge in [0.05, 0.1) is 10.9 Å². The predicted octanol–water partition coefficient (Wildman–Crippen LogP) is 5.02. The molecule has 7 heteroatoms. The molecule has 0 spiro atoms. The number of carbonyl (C=O) groups excluding carboxylic acids is 3. The van der Waals surface area contributed by atoms with E-state index in [9.17, 15) is 22.8 Å². The zero-order valence-corrected chi connectivity index (χ0v) is 21.9. The van der Waals surface area contributed by atoms with Crippen LogP contribution in [0.4, 0.5) is 0 Å². The maximum absolute atomic E-state index is 13.7. The van der Waals surface area contributed by atoms with Crippen molar-refractivity contribution >= 4 is 27.4 Å². The second-order valence-corrected chi connectivity index (χ2v) is 11.4. The van der Waals surface area contributed by atoms with Crippen molar-refractivity contribution in [3.63, 3.8) is 0 Å². The van der Waals surface area contributed by atoms with E-state index in [1.54, 1.807) is 30.3 Å². The fourth-order valence-electron chi connectivity index (χ4n) is 4.81. The van der Waals surface area contributed by atoms with E-state index in [0.717, 1.165) is 11.1 Å². The number of nitrogens with zero attached hydrogens (tertiary/aromatic N) is 1. The smallest absolute Gasteiger partial charge is 0.243 e. The van der Waals surface area contributed by atoms with Crippen LogP contribution in [0.1, 0.15) is 62.5 Å². The number of hydrogen-bond donors (Lipinski definition) is 0. The zero-order chi connectivity index (χ0) is 26.3. The van der Waals surface area contributed by atoms with Gasteiger partial charge >= 0.3 is 0 Å². The van der Waals surface area contributed by atoms with Crippen molar-refractivity contribution in [1.82, 2.24) is 4.31 Å². The van der Waals surface area contributed by atoms with Gasteiger partial charge in [-0.2, -0.15) is 4.31 Å².